The Morgan fingerprint density at radius 2 is 2.06 bits per heavy atom. The predicted molar refractivity (Wildman–Crippen MR) is 72.4 cm³/mol. The van der Waals surface area contributed by atoms with Gasteiger partial charge in [0.15, 0.2) is 0 Å². The molecule has 0 spiro atoms. The van der Waals surface area contributed by atoms with Crippen molar-refractivity contribution in [2.24, 2.45) is 5.73 Å². The Morgan fingerprint density at radius 3 is 2.78 bits per heavy atom. The highest BCUT2D eigenvalue weighted by atomic mass is 35.5. The van der Waals surface area contributed by atoms with E-state index in [0.29, 0.717) is 18.2 Å². The summed E-state index contributed by atoms with van der Waals surface area (Å²) in [6.07, 6.45) is 0. The van der Waals surface area contributed by atoms with E-state index in [1.165, 1.54) is 7.05 Å². The SMILES string of the molecule is CC1(C)COc2ccc(Cl)c3c2B(OC3)O1.CN. The topological polar surface area (TPSA) is 53.7 Å². The molecular formula is C12H17BClNO3. The molecule has 2 heterocycles. The molecule has 98 valence electrons. The second kappa shape index (κ2) is 5.09. The van der Waals surface area contributed by atoms with Crippen molar-refractivity contribution in [3.05, 3.63) is 22.7 Å². The van der Waals surface area contributed by atoms with Crippen LogP contribution in [0.25, 0.3) is 0 Å². The van der Waals surface area contributed by atoms with Gasteiger partial charge in [-0.2, -0.15) is 0 Å². The van der Waals surface area contributed by atoms with Crippen molar-refractivity contribution < 1.29 is 14.0 Å². The molecule has 3 rings (SSSR count). The molecule has 0 bridgehead atoms. The first kappa shape index (κ1) is 13.7. The maximum atomic E-state index is 6.12. The fourth-order valence-corrected chi connectivity index (χ4v) is 2.28. The second-order valence-corrected chi connectivity index (χ2v) is 5.15. The van der Waals surface area contributed by atoms with E-state index in [2.05, 4.69) is 5.73 Å². The molecule has 0 saturated carbocycles. The van der Waals surface area contributed by atoms with E-state index in [9.17, 15) is 0 Å². The lowest BCUT2D eigenvalue weighted by atomic mass is 9.77. The fourth-order valence-electron chi connectivity index (χ4n) is 2.06. The summed E-state index contributed by atoms with van der Waals surface area (Å²) in [5.74, 6) is 0.826. The lowest BCUT2D eigenvalue weighted by Crippen LogP contribution is -2.40. The summed E-state index contributed by atoms with van der Waals surface area (Å²) in [7, 11) is 1.15. The molecule has 2 aliphatic rings. The van der Waals surface area contributed by atoms with Crippen LogP contribution in [0.5, 0.6) is 5.75 Å². The van der Waals surface area contributed by atoms with E-state index < -0.39 is 0 Å². The van der Waals surface area contributed by atoms with E-state index in [1.807, 2.05) is 26.0 Å². The maximum Gasteiger partial charge on any atom is 0.498 e. The van der Waals surface area contributed by atoms with Gasteiger partial charge in [-0.3, -0.25) is 0 Å². The van der Waals surface area contributed by atoms with E-state index in [4.69, 9.17) is 25.6 Å². The molecule has 0 radical (unpaired) electrons. The van der Waals surface area contributed by atoms with Crippen LogP contribution in [0, 0.1) is 0 Å². The van der Waals surface area contributed by atoms with Crippen molar-refractivity contribution in [3.8, 4) is 5.75 Å². The Bertz CT molecular complexity index is 453. The zero-order valence-corrected chi connectivity index (χ0v) is 11.6. The van der Waals surface area contributed by atoms with Gasteiger partial charge >= 0.3 is 7.12 Å². The highest BCUT2D eigenvalue weighted by Gasteiger charge is 2.42. The zero-order chi connectivity index (χ0) is 13.3. The third-order valence-electron chi connectivity index (χ3n) is 2.88. The van der Waals surface area contributed by atoms with Crippen molar-refractivity contribution >= 4 is 24.2 Å². The molecule has 0 unspecified atom stereocenters. The van der Waals surface area contributed by atoms with Gasteiger partial charge in [0.25, 0.3) is 0 Å². The summed E-state index contributed by atoms with van der Waals surface area (Å²) in [6, 6.07) is 3.73. The van der Waals surface area contributed by atoms with Gasteiger partial charge in [-0.25, -0.2) is 0 Å². The van der Waals surface area contributed by atoms with Crippen LogP contribution in [0.2, 0.25) is 5.02 Å². The number of halogens is 1. The summed E-state index contributed by atoms with van der Waals surface area (Å²) in [5.41, 5.74) is 6.09. The molecule has 0 fully saturated rings. The Labute approximate surface area is 112 Å². The third-order valence-corrected chi connectivity index (χ3v) is 3.23. The standard InChI is InChI=1S/C11H12BClO3.CH5N/c1-11(2)6-14-9-4-3-8(13)7-5-15-12(16-11)10(7)9;1-2/h3-4H,5-6H2,1-2H3;2H2,1H3. The smallest absolute Gasteiger partial charge is 0.491 e. The van der Waals surface area contributed by atoms with E-state index in [0.717, 1.165) is 16.8 Å². The average Bonchev–Trinajstić information content (AvgIpc) is 2.70. The summed E-state index contributed by atoms with van der Waals surface area (Å²) in [4.78, 5) is 0. The van der Waals surface area contributed by atoms with Crippen molar-refractivity contribution in [1.29, 1.82) is 0 Å². The summed E-state index contributed by atoms with van der Waals surface area (Å²) >= 11 is 6.12. The van der Waals surface area contributed by atoms with Gasteiger partial charge in [0.1, 0.15) is 12.4 Å². The Balaban J connectivity index is 0.000000574. The summed E-state index contributed by atoms with van der Waals surface area (Å²) in [5, 5.41) is 0.716. The van der Waals surface area contributed by atoms with Crippen molar-refractivity contribution in [3.63, 3.8) is 0 Å². The highest BCUT2D eigenvalue weighted by molar-refractivity contribution is 6.64. The van der Waals surface area contributed by atoms with Crippen LogP contribution >= 0.6 is 11.6 Å². The molecule has 0 aliphatic carbocycles. The zero-order valence-electron chi connectivity index (χ0n) is 10.8. The molecule has 1 aromatic rings. The number of rotatable bonds is 0. The first-order chi connectivity index (χ1) is 8.57. The van der Waals surface area contributed by atoms with Crippen molar-refractivity contribution in [2.75, 3.05) is 13.7 Å². The Kier molecular flexibility index (Phi) is 3.87. The fraction of sp³-hybridized carbons (Fsp3) is 0.500. The van der Waals surface area contributed by atoms with Crippen LogP contribution in [0.3, 0.4) is 0 Å². The number of ether oxygens (including phenoxy) is 1. The molecule has 0 aromatic heterocycles. The molecule has 2 aliphatic heterocycles. The molecule has 18 heavy (non-hydrogen) atoms. The van der Waals surface area contributed by atoms with E-state index in [-0.39, 0.29) is 12.7 Å². The first-order valence-electron chi connectivity index (χ1n) is 5.88. The highest BCUT2D eigenvalue weighted by Crippen LogP contribution is 2.30. The molecular weight excluding hydrogens is 252 g/mol. The van der Waals surface area contributed by atoms with Crippen LogP contribution in [-0.4, -0.2) is 26.4 Å². The Hall–Kier alpha value is -0.745. The monoisotopic (exact) mass is 269 g/mol. The van der Waals surface area contributed by atoms with Crippen LogP contribution in [0.1, 0.15) is 19.4 Å². The third kappa shape index (κ3) is 2.36. The van der Waals surface area contributed by atoms with Gasteiger partial charge in [-0.1, -0.05) is 11.6 Å². The average molecular weight is 270 g/mol. The quantitative estimate of drug-likeness (QED) is 0.722. The van der Waals surface area contributed by atoms with Crippen molar-refractivity contribution in [2.45, 2.75) is 26.1 Å². The summed E-state index contributed by atoms with van der Waals surface area (Å²) in [6.45, 7) is 4.98. The van der Waals surface area contributed by atoms with Gasteiger partial charge in [-0.05, 0) is 38.6 Å². The molecule has 0 amide bonds. The first-order valence-corrected chi connectivity index (χ1v) is 6.26. The number of benzene rings is 1. The van der Waals surface area contributed by atoms with E-state index >= 15 is 0 Å². The summed E-state index contributed by atoms with van der Waals surface area (Å²) < 4.78 is 17.2. The van der Waals surface area contributed by atoms with E-state index in [1.54, 1.807) is 0 Å². The van der Waals surface area contributed by atoms with Gasteiger partial charge in [-0.15, -0.1) is 0 Å². The van der Waals surface area contributed by atoms with Crippen LogP contribution < -0.4 is 15.9 Å². The van der Waals surface area contributed by atoms with Gasteiger partial charge in [0.05, 0.1) is 12.2 Å². The van der Waals surface area contributed by atoms with Crippen LogP contribution in [-0.2, 0) is 15.9 Å². The molecule has 2 N–H and O–H groups in total. The minimum Gasteiger partial charge on any atom is -0.491 e. The molecule has 1 aromatic carbocycles. The molecule has 6 heteroatoms. The predicted octanol–water partition coefficient (Wildman–Crippen LogP) is 1.33. The number of nitrogens with two attached hydrogens (primary N) is 1. The maximum absolute atomic E-state index is 6.12. The molecule has 4 nitrogen and oxygen atoms in total. The largest absolute Gasteiger partial charge is 0.498 e. The van der Waals surface area contributed by atoms with Gasteiger partial charge in [0, 0.05) is 10.5 Å². The lowest BCUT2D eigenvalue weighted by Gasteiger charge is -2.24. The normalized spacial score (nSPS) is 19.3. The van der Waals surface area contributed by atoms with Gasteiger partial charge in [0.2, 0.25) is 0 Å². The van der Waals surface area contributed by atoms with Crippen LogP contribution in [0.4, 0.5) is 0 Å². The van der Waals surface area contributed by atoms with Gasteiger partial charge < -0.3 is 19.8 Å². The molecule has 0 atom stereocenters. The minimum absolute atomic E-state index is 0.346. The van der Waals surface area contributed by atoms with Crippen molar-refractivity contribution in [1.82, 2.24) is 0 Å². The van der Waals surface area contributed by atoms with Crippen LogP contribution in [0.15, 0.2) is 12.1 Å². The number of hydrogen-bond acceptors (Lipinski definition) is 4. The Morgan fingerprint density at radius 1 is 1.33 bits per heavy atom. The molecule has 0 saturated heterocycles. The number of hydrogen-bond donors (Lipinski definition) is 1. The lowest BCUT2D eigenvalue weighted by molar-refractivity contribution is 0.0353. The minimum atomic E-state index is -0.349. The second-order valence-electron chi connectivity index (χ2n) is 4.75.